The molecule has 0 spiro atoms. The van der Waals surface area contributed by atoms with E-state index in [9.17, 15) is 13.2 Å². The van der Waals surface area contributed by atoms with Crippen LogP contribution in [0.25, 0.3) is 0 Å². The molecule has 5 heteroatoms. The van der Waals surface area contributed by atoms with E-state index in [-0.39, 0.29) is 12.4 Å². The zero-order valence-corrected chi connectivity index (χ0v) is 7.92. The molecule has 0 aliphatic carbocycles. The zero-order chi connectivity index (χ0) is 11.3. The summed E-state index contributed by atoms with van der Waals surface area (Å²) < 4.78 is 39.8. The van der Waals surface area contributed by atoms with Crippen molar-refractivity contribution in [1.82, 2.24) is 0 Å². The van der Waals surface area contributed by atoms with Gasteiger partial charge in [-0.2, -0.15) is 0 Å². The van der Waals surface area contributed by atoms with Crippen LogP contribution in [0.1, 0.15) is 12.0 Å². The first kappa shape index (κ1) is 11.8. The number of aliphatic hydroxyl groups excluding tert-OH is 1. The summed E-state index contributed by atoms with van der Waals surface area (Å²) in [5.41, 5.74) is 0.448. The van der Waals surface area contributed by atoms with Crippen molar-refractivity contribution < 1.29 is 23.0 Å². The first-order chi connectivity index (χ1) is 7.03. The maximum Gasteiger partial charge on any atom is 0.573 e. The Balaban J connectivity index is 2.77. The number of benzene rings is 1. The monoisotopic (exact) mass is 220 g/mol. The summed E-state index contributed by atoms with van der Waals surface area (Å²) in [6.07, 6.45) is -3.89. The van der Waals surface area contributed by atoms with Crippen molar-refractivity contribution in [2.75, 3.05) is 6.61 Å². The number of hydrogen-bond donors (Lipinski definition) is 1. The SMILES string of the molecule is OCCCc1ccccc1OC(F)(F)F. The lowest BCUT2D eigenvalue weighted by Gasteiger charge is -2.12. The molecule has 0 atom stereocenters. The van der Waals surface area contributed by atoms with Crippen molar-refractivity contribution in [3.63, 3.8) is 0 Å². The van der Waals surface area contributed by atoms with Crippen LogP contribution in [0.4, 0.5) is 13.2 Å². The zero-order valence-electron chi connectivity index (χ0n) is 7.92. The first-order valence-electron chi connectivity index (χ1n) is 4.47. The minimum atomic E-state index is -4.67. The van der Waals surface area contributed by atoms with E-state index >= 15 is 0 Å². The first-order valence-corrected chi connectivity index (χ1v) is 4.47. The Hall–Kier alpha value is -1.23. The lowest BCUT2D eigenvalue weighted by molar-refractivity contribution is -0.274. The van der Waals surface area contributed by atoms with Crippen LogP contribution in [0, 0.1) is 0 Å². The van der Waals surface area contributed by atoms with Gasteiger partial charge < -0.3 is 9.84 Å². The molecule has 1 N–H and O–H groups in total. The summed E-state index contributed by atoms with van der Waals surface area (Å²) in [7, 11) is 0. The van der Waals surface area contributed by atoms with Gasteiger partial charge in [-0.15, -0.1) is 13.2 Å². The van der Waals surface area contributed by atoms with Gasteiger partial charge in [0, 0.05) is 6.61 Å². The number of para-hydroxylation sites is 1. The summed E-state index contributed by atoms with van der Waals surface area (Å²) in [4.78, 5) is 0. The van der Waals surface area contributed by atoms with Gasteiger partial charge >= 0.3 is 6.36 Å². The van der Waals surface area contributed by atoms with Crippen LogP contribution in [-0.2, 0) is 6.42 Å². The van der Waals surface area contributed by atoms with Crippen LogP contribution < -0.4 is 4.74 Å². The number of ether oxygens (including phenoxy) is 1. The number of aryl methyl sites for hydroxylation is 1. The van der Waals surface area contributed by atoms with E-state index < -0.39 is 6.36 Å². The highest BCUT2D eigenvalue weighted by atomic mass is 19.4. The lowest BCUT2D eigenvalue weighted by atomic mass is 10.1. The minimum Gasteiger partial charge on any atom is -0.406 e. The molecule has 0 saturated carbocycles. The highest BCUT2D eigenvalue weighted by molar-refractivity contribution is 5.33. The molecule has 1 aromatic rings. The van der Waals surface area contributed by atoms with Gasteiger partial charge in [-0.1, -0.05) is 18.2 Å². The second kappa shape index (κ2) is 5.02. The third-order valence-corrected chi connectivity index (χ3v) is 1.80. The second-order valence-electron chi connectivity index (χ2n) is 2.98. The molecule has 0 saturated heterocycles. The molecule has 84 valence electrons. The van der Waals surface area contributed by atoms with E-state index in [1.165, 1.54) is 12.1 Å². The van der Waals surface area contributed by atoms with Gasteiger partial charge in [0.25, 0.3) is 0 Å². The van der Waals surface area contributed by atoms with E-state index in [1.54, 1.807) is 12.1 Å². The van der Waals surface area contributed by atoms with E-state index in [0.29, 0.717) is 18.4 Å². The lowest BCUT2D eigenvalue weighted by Crippen LogP contribution is -2.18. The van der Waals surface area contributed by atoms with Crippen LogP contribution >= 0.6 is 0 Å². The van der Waals surface area contributed by atoms with E-state index in [0.717, 1.165) is 0 Å². The average molecular weight is 220 g/mol. The number of rotatable bonds is 4. The molecule has 0 aromatic heterocycles. The van der Waals surface area contributed by atoms with Crippen LogP contribution in [-0.4, -0.2) is 18.1 Å². The van der Waals surface area contributed by atoms with Gasteiger partial charge in [0.15, 0.2) is 0 Å². The van der Waals surface area contributed by atoms with E-state index in [2.05, 4.69) is 4.74 Å². The molecule has 1 rings (SSSR count). The molecule has 0 heterocycles. The molecular formula is C10H11F3O2. The number of aliphatic hydroxyl groups is 1. The minimum absolute atomic E-state index is 0.0552. The highest BCUT2D eigenvalue weighted by Crippen LogP contribution is 2.26. The predicted molar refractivity (Wildman–Crippen MR) is 48.5 cm³/mol. The molecule has 0 amide bonds. The van der Waals surface area contributed by atoms with Crippen LogP contribution in [0.15, 0.2) is 24.3 Å². The fraction of sp³-hybridized carbons (Fsp3) is 0.400. The van der Waals surface area contributed by atoms with Crippen LogP contribution in [0.2, 0.25) is 0 Å². The molecule has 1 aromatic carbocycles. The topological polar surface area (TPSA) is 29.5 Å². The summed E-state index contributed by atoms with van der Waals surface area (Å²) >= 11 is 0. The van der Waals surface area contributed by atoms with Crippen molar-refractivity contribution in [3.8, 4) is 5.75 Å². The average Bonchev–Trinajstić information content (AvgIpc) is 2.14. The summed E-state index contributed by atoms with van der Waals surface area (Å²) in [5.74, 6) is -0.196. The summed E-state index contributed by atoms with van der Waals surface area (Å²) in [6, 6.07) is 5.93. The second-order valence-corrected chi connectivity index (χ2v) is 2.98. The Labute approximate surface area is 85.3 Å². The Morgan fingerprint density at radius 2 is 1.87 bits per heavy atom. The highest BCUT2D eigenvalue weighted by Gasteiger charge is 2.31. The molecular weight excluding hydrogens is 209 g/mol. The van der Waals surface area contributed by atoms with Crippen molar-refractivity contribution in [2.24, 2.45) is 0 Å². The van der Waals surface area contributed by atoms with Gasteiger partial charge in [-0.05, 0) is 24.5 Å². The molecule has 0 unspecified atom stereocenters. The summed E-state index contributed by atoms with van der Waals surface area (Å²) in [5, 5.41) is 8.59. The van der Waals surface area contributed by atoms with E-state index in [4.69, 9.17) is 5.11 Å². The van der Waals surface area contributed by atoms with Gasteiger partial charge in [0.05, 0.1) is 0 Å². The van der Waals surface area contributed by atoms with Gasteiger partial charge in [0.1, 0.15) is 5.75 Å². The Bertz CT molecular complexity index is 310. The Morgan fingerprint density at radius 3 is 2.47 bits per heavy atom. The van der Waals surface area contributed by atoms with Crippen molar-refractivity contribution >= 4 is 0 Å². The third-order valence-electron chi connectivity index (χ3n) is 1.80. The normalized spacial score (nSPS) is 11.5. The Morgan fingerprint density at radius 1 is 1.20 bits per heavy atom. The number of hydrogen-bond acceptors (Lipinski definition) is 2. The van der Waals surface area contributed by atoms with Crippen molar-refractivity contribution in [1.29, 1.82) is 0 Å². The molecule has 0 bridgehead atoms. The molecule has 2 nitrogen and oxygen atoms in total. The molecule has 15 heavy (non-hydrogen) atoms. The number of halogens is 3. The van der Waals surface area contributed by atoms with Crippen molar-refractivity contribution in [3.05, 3.63) is 29.8 Å². The molecule has 0 aliphatic heterocycles. The van der Waals surface area contributed by atoms with Crippen LogP contribution in [0.3, 0.4) is 0 Å². The fourth-order valence-electron chi connectivity index (χ4n) is 1.20. The van der Waals surface area contributed by atoms with Gasteiger partial charge in [-0.25, -0.2) is 0 Å². The van der Waals surface area contributed by atoms with Gasteiger partial charge in [0.2, 0.25) is 0 Å². The third kappa shape index (κ3) is 4.20. The smallest absolute Gasteiger partial charge is 0.406 e. The maximum atomic E-state index is 12.0. The fourth-order valence-corrected chi connectivity index (χ4v) is 1.20. The standard InChI is InChI=1S/C10H11F3O2/c11-10(12,13)15-9-6-2-1-4-8(9)5-3-7-14/h1-2,4,6,14H,3,5,7H2. The maximum absolute atomic E-state index is 12.0. The van der Waals surface area contributed by atoms with Crippen LogP contribution in [0.5, 0.6) is 5.75 Å². The van der Waals surface area contributed by atoms with Gasteiger partial charge in [-0.3, -0.25) is 0 Å². The molecule has 0 aliphatic rings. The van der Waals surface area contributed by atoms with Crippen molar-refractivity contribution in [2.45, 2.75) is 19.2 Å². The Kier molecular flexibility index (Phi) is 3.96. The largest absolute Gasteiger partial charge is 0.573 e. The molecule has 0 radical (unpaired) electrons. The summed E-state index contributed by atoms with van der Waals surface area (Å²) in [6.45, 7) is -0.0552. The molecule has 0 fully saturated rings. The predicted octanol–water partition coefficient (Wildman–Crippen LogP) is 2.51. The number of alkyl halides is 3. The van der Waals surface area contributed by atoms with E-state index in [1.807, 2.05) is 0 Å². The quantitative estimate of drug-likeness (QED) is 0.844.